The number of aliphatic hydroxyl groups excluding tert-OH is 2. The first kappa shape index (κ1) is 27.8. The van der Waals surface area contributed by atoms with Crippen molar-refractivity contribution < 1.29 is 54.1 Å². The van der Waals surface area contributed by atoms with E-state index in [4.69, 9.17) is 19.7 Å². The van der Waals surface area contributed by atoms with Crippen LogP contribution in [0.1, 0.15) is 68.8 Å². The van der Waals surface area contributed by atoms with Gasteiger partial charge in [0, 0.05) is 36.0 Å². The summed E-state index contributed by atoms with van der Waals surface area (Å²) < 4.78 is 17.0. The van der Waals surface area contributed by atoms with E-state index in [0.717, 1.165) is 0 Å². The second kappa shape index (κ2) is 10.0. The molecule has 1 fully saturated rings. The van der Waals surface area contributed by atoms with Gasteiger partial charge in [-0.15, -0.1) is 0 Å². The molecule has 1 heterocycles. The molecule has 2 aliphatic carbocycles. The molecule has 0 amide bonds. The largest absolute Gasteiger partial charge is 0.507 e. The lowest BCUT2D eigenvalue weighted by Crippen LogP contribution is -2.50. The van der Waals surface area contributed by atoms with Crippen LogP contribution in [-0.4, -0.2) is 86.7 Å². The number of benzene rings is 2. The molecule has 212 valence electrons. The molecule has 0 spiro atoms. The third kappa shape index (κ3) is 4.09. The normalized spacial score (nSPS) is 29.3. The number of Topliss-reactive ketones (excluding diaryl/α,β-unsaturated/α-hetero) is 1. The maximum absolute atomic E-state index is 13.7. The Bertz CT molecular complexity index is 1440. The fourth-order valence-corrected chi connectivity index (χ4v) is 5.82. The van der Waals surface area contributed by atoms with E-state index in [1.54, 1.807) is 0 Å². The number of hydrogen-bond acceptors (Lipinski definition) is 13. The van der Waals surface area contributed by atoms with E-state index in [9.17, 15) is 39.9 Å². The quantitative estimate of drug-likeness (QED) is 0.186. The Morgan fingerprint density at radius 3 is 2.52 bits per heavy atom. The molecule has 40 heavy (non-hydrogen) atoms. The Hall–Kier alpha value is -3.75. The first-order valence-corrected chi connectivity index (χ1v) is 12.6. The second-order valence-electron chi connectivity index (χ2n) is 10.2. The van der Waals surface area contributed by atoms with Crippen LogP contribution in [-0.2, 0) is 20.7 Å². The zero-order valence-corrected chi connectivity index (χ0v) is 21.6. The maximum Gasteiger partial charge on any atom is 0.202 e. The topological polar surface area (TPSA) is 216 Å². The third-order valence-electron chi connectivity index (χ3n) is 7.90. The number of phenols is 2. The number of ketones is 3. The summed E-state index contributed by atoms with van der Waals surface area (Å²) >= 11 is 0. The number of phenolic OH excluding ortho intramolecular Hbond substituents is 2. The van der Waals surface area contributed by atoms with Crippen LogP contribution in [0.4, 0.5) is 0 Å². The molecule has 6 atom stereocenters. The molecule has 2 aromatic carbocycles. The van der Waals surface area contributed by atoms with Gasteiger partial charge in [0.05, 0.1) is 36.0 Å². The van der Waals surface area contributed by atoms with Crippen molar-refractivity contribution in [1.29, 1.82) is 5.53 Å². The van der Waals surface area contributed by atoms with Crippen molar-refractivity contribution >= 4 is 17.3 Å². The zero-order valence-electron chi connectivity index (χ0n) is 21.6. The molecule has 0 saturated carbocycles. The Morgan fingerprint density at radius 2 is 1.88 bits per heavy atom. The SMILES string of the molecule is COc1cccc2c1C(=O)c1c(O)c3c(c(O)c1C2=O)C[C@@](O)(C(=O)CO)C[C@@H]3OC1CC(N=N)C(O)C(C)O1. The molecule has 5 rings (SSSR count). The number of aromatic hydroxyl groups is 2. The highest BCUT2D eigenvalue weighted by molar-refractivity contribution is 6.31. The van der Waals surface area contributed by atoms with Crippen molar-refractivity contribution in [2.75, 3.05) is 13.7 Å². The number of carbonyl (C=O) groups excluding carboxylic acids is 3. The minimum Gasteiger partial charge on any atom is -0.507 e. The number of carbonyl (C=O) groups is 3. The standard InChI is InChI=1S/C27H28N2O11/c1-10-22(32)13(29-28)6-17(39-10)40-15-8-27(37,16(31)9-30)7-12-19(15)26(36)21-20(24(12)34)23(33)11-4-3-5-14(38-2)18(11)25(21)35/h3-5,10,13,15,17,22,28,30,32,34,36-37H,6-9H2,1-2H3/t10?,13?,15-,17?,22?,27-/m0/s1. The molecule has 2 aromatic rings. The zero-order chi connectivity index (χ0) is 29.1. The van der Waals surface area contributed by atoms with E-state index in [0.29, 0.717) is 0 Å². The Kier molecular flexibility index (Phi) is 6.96. The van der Waals surface area contributed by atoms with Crippen molar-refractivity contribution in [2.45, 2.75) is 62.4 Å². The number of methoxy groups -OCH3 is 1. The molecular formula is C27H28N2O11. The molecule has 0 aromatic heterocycles. The van der Waals surface area contributed by atoms with Crippen LogP contribution < -0.4 is 4.74 Å². The predicted octanol–water partition coefficient (Wildman–Crippen LogP) is 1.07. The van der Waals surface area contributed by atoms with Crippen LogP contribution >= 0.6 is 0 Å². The van der Waals surface area contributed by atoms with Gasteiger partial charge in [-0.2, -0.15) is 5.11 Å². The van der Waals surface area contributed by atoms with Crippen molar-refractivity contribution in [3.05, 3.63) is 51.6 Å². The van der Waals surface area contributed by atoms with Crippen LogP contribution in [0.5, 0.6) is 17.2 Å². The van der Waals surface area contributed by atoms with Gasteiger partial charge in [0.1, 0.15) is 41.6 Å². The third-order valence-corrected chi connectivity index (χ3v) is 7.90. The average Bonchev–Trinajstić information content (AvgIpc) is 2.94. The minimum absolute atomic E-state index is 0.0647. The van der Waals surface area contributed by atoms with Crippen LogP contribution in [0, 0.1) is 5.53 Å². The molecule has 13 heteroatoms. The fraction of sp³-hybridized carbons (Fsp3) is 0.444. The van der Waals surface area contributed by atoms with Crippen molar-refractivity contribution in [1.82, 2.24) is 0 Å². The lowest BCUT2D eigenvalue weighted by molar-refractivity contribution is -0.247. The number of nitrogens with zero attached hydrogens (tertiary/aromatic N) is 1. The Labute approximate surface area is 227 Å². The van der Waals surface area contributed by atoms with E-state index < -0.39 is 95.7 Å². The van der Waals surface area contributed by atoms with E-state index in [-0.39, 0.29) is 34.4 Å². The summed E-state index contributed by atoms with van der Waals surface area (Å²) in [5, 5.41) is 57.3. The summed E-state index contributed by atoms with van der Waals surface area (Å²) in [5.41, 5.74) is 3.59. The number of rotatable bonds is 6. The Morgan fingerprint density at radius 1 is 1.18 bits per heavy atom. The van der Waals surface area contributed by atoms with Gasteiger partial charge in [-0.05, 0) is 13.0 Å². The first-order valence-electron chi connectivity index (χ1n) is 12.6. The van der Waals surface area contributed by atoms with E-state index in [1.165, 1.54) is 32.2 Å². The van der Waals surface area contributed by atoms with Crippen molar-refractivity contribution in [3.8, 4) is 17.2 Å². The molecular weight excluding hydrogens is 528 g/mol. The summed E-state index contributed by atoms with van der Waals surface area (Å²) in [4.78, 5) is 39.8. The van der Waals surface area contributed by atoms with Gasteiger partial charge in [-0.25, -0.2) is 5.53 Å². The van der Waals surface area contributed by atoms with Gasteiger partial charge in [0.2, 0.25) is 5.78 Å². The van der Waals surface area contributed by atoms with Crippen LogP contribution in [0.3, 0.4) is 0 Å². The molecule has 6 N–H and O–H groups in total. The molecule has 3 aliphatic rings. The highest BCUT2D eigenvalue weighted by Gasteiger charge is 2.50. The second-order valence-corrected chi connectivity index (χ2v) is 10.2. The number of nitrogens with one attached hydrogen (secondary N) is 1. The van der Waals surface area contributed by atoms with Crippen molar-refractivity contribution in [2.24, 2.45) is 5.11 Å². The molecule has 0 bridgehead atoms. The lowest BCUT2D eigenvalue weighted by atomic mass is 9.72. The highest BCUT2D eigenvalue weighted by atomic mass is 16.7. The van der Waals surface area contributed by atoms with Gasteiger partial charge in [-0.1, -0.05) is 12.1 Å². The number of ether oxygens (including phenoxy) is 3. The van der Waals surface area contributed by atoms with Crippen molar-refractivity contribution in [3.63, 3.8) is 0 Å². The van der Waals surface area contributed by atoms with Gasteiger partial charge in [0.25, 0.3) is 0 Å². The van der Waals surface area contributed by atoms with Crippen LogP contribution in [0.15, 0.2) is 23.3 Å². The van der Waals surface area contributed by atoms with Gasteiger partial charge >= 0.3 is 0 Å². The molecule has 4 unspecified atom stereocenters. The number of aliphatic hydroxyl groups is 3. The number of hydrogen-bond donors (Lipinski definition) is 6. The Balaban J connectivity index is 1.68. The van der Waals surface area contributed by atoms with Crippen LogP contribution in [0.2, 0.25) is 0 Å². The summed E-state index contributed by atoms with van der Waals surface area (Å²) in [6.45, 7) is 0.497. The van der Waals surface area contributed by atoms with Crippen LogP contribution in [0.25, 0.3) is 0 Å². The molecule has 1 saturated heterocycles. The molecule has 0 radical (unpaired) electrons. The summed E-state index contributed by atoms with van der Waals surface area (Å²) in [5.74, 6) is -3.89. The summed E-state index contributed by atoms with van der Waals surface area (Å²) in [6, 6.07) is 3.45. The molecule has 13 nitrogen and oxygen atoms in total. The monoisotopic (exact) mass is 556 g/mol. The smallest absolute Gasteiger partial charge is 0.202 e. The van der Waals surface area contributed by atoms with E-state index in [1.807, 2.05) is 0 Å². The minimum atomic E-state index is -2.27. The summed E-state index contributed by atoms with van der Waals surface area (Å²) in [6.07, 6.45) is -5.62. The van der Waals surface area contributed by atoms with Gasteiger partial charge in [0.15, 0.2) is 17.9 Å². The van der Waals surface area contributed by atoms with Gasteiger partial charge < -0.3 is 39.7 Å². The number of fused-ring (bicyclic) bond motifs is 3. The molecule has 1 aliphatic heterocycles. The highest BCUT2D eigenvalue weighted by Crippen LogP contribution is 2.52. The fourth-order valence-electron chi connectivity index (χ4n) is 5.82. The lowest BCUT2D eigenvalue weighted by Gasteiger charge is -2.42. The predicted molar refractivity (Wildman–Crippen MR) is 133 cm³/mol. The summed E-state index contributed by atoms with van der Waals surface area (Å²) in [7, 11) is 1.31. The first-order chi connectivity index (χ1) is 19.0. The van der Waals surface area contributed by atoms with E-state index in [2.05, 4.69) is 5.11 Å². The maximum atomic E-state index is 13.7. The average molecular weight is 557 g/mol. The van der Waals surface area contributed by atoms with E-state index >= 15 is 0 Å². The van der Waals surface area contributed by atoms with Gasteiger partial charge in [-0.3, -0.25) is 14.4 Å².